The molecule has 2 atom stereocenters. The van der Waals surface area contributed by atoms with Crippen LogP contribution in [0.15, 0.2) is 30.9 Å². The second kappa shape index (κ2) is 6.55. The SMILES string of the molecule is C=CC(=O)N(Cc1cccc(OC)c1F)C1CC(OC)C12CCC2. The summed E-state index contributed by atoms with van der Waals surface area (Å²) in [6, 6.07) is 5.09. The Bertz CT molecular complexity index is 641. The molecule has 2 unspecified atom stereocenters. The molecule has 0 saturated heterocycles. The van der Waals surface area contributed by atoms with Crippen LogP contribution in [0.2, 0.25) is 0 Å². The lowest BCUT2D eigenvalue weighted by Gasteiger charge is -2.63. The third-order valence-electron chi connectivity index (χ3n) is 5.75. The maximum Gasteiger partial charge on any atom is 0.246 e. The first kappa shape index (κ1) is 17.0. The van der Waals surface area contributed by atoms with E-state index in [0.717, 1.165) is 25.7 Å². The Hall–Kier alpha value is -1.88. The van der Waals surface area contributed by atoms with Gasteiger partial charge in [-0.15, -0.1) is 0 Å². The molecule has 1 aromatic rings. The molecule has 0 heterocycles. The Morgan fingerprint density at radius 1 is 1.46 bits per heavy atom. The van der Waals surface area contributed by atoms with Gasteiger partial charge in [-0.3, -0.25) is 4.79 Å². The minimum Gasteiger partial charge on any atom is -0.494 e. The van der Waals surface area contributed by atoms with Crippen molar-refractivity contribution in [3.63, 3.8) is 0 Å². The second-order valence-corrected chi connectivity index (χ2v) is 6.67. The molecule has 2 aliphatic carbocycles. The molecule has 5 heteroatoms. The Balaban J connectivity index is 1.86. The van der Waals surface area contributed by atoms with Gasteiger partial charge >= 0.3 is 0 Å². The molecular weight excluding hydrogens is 309 g/mol. The van der Waals surface area contributed by atoms with Gasteiger partial charge in [-0.1, -0.05) is 25.1 Å². The van der Waals surface area contributed by atoms with Crippen LogP contribution >= 0.6 is 0 Å². The van der Waals surface area contributed by atoms with Gasteiger partial charge in [0.1, 0.15) is 0 Å². The van der Waals surface area contributed by atoms with E-state index < -0.39 is 5.82 Å². The van der Waals surface area contributed by atoms with Crippen molar-refractivity contribution in [1.29, 1.82) is 0 Å². The zero-order chi connectivity index (χ0) is 17.3. The van der Waals surface area contributed by atoms with E-state index in [2.05, 4.69) is 6.58 Å². The predicted octanol–water partition coefficient (Wildman–Crippen LogP) is 3.31. The maximum atomic E-state index is 14.5. The number of halogens is 1. The Morgan fingerprint density at radius 2 is 2.21 bits per heavy atom. The van der Waals surface area contributed by atoms with Crippen molar-refractivity contribution in [2.75, 3.05) is 14.2 Å². The predicted molar refractivity (Wildman–Crippen MR) is 89.2 cm³/mol. The number of ether oxygens (including phenoxy) is 2. The number of hydrogen-bond acceptors (Lipinski definition) is 3. The average molecular weight is 333 g/mol. The first-order valence-electron chi connectivity index (χ1n) is 8.34. The van der Waals surface area contributed by atoms with Crippen LogP contribution in [0, 0.1) is 11.2 Å². The quantitative estimate of drug-likeness (QED) is 0.750. The van der Waals surface area contributed by atoms with Gasteiger partial charge in [0.15, 0.2) is 11.6 Å². The zero-order valence-electron chi connectivity index (χ0n) is 14.3. The molecule has 2 aliphatic rings. The average Bonchev–Trinajstić information content (AvgIpc) is 2.52. The van der Waals surface area contributed by atoms with Crippen molar-refractivity contribution >= 4 is 5.91 Å². The van der Waals surface area contributed by atoms with Gasteiger partial charge < -0.3 is 14.4 Å². The van der Waals surface area contributed by atoms with Gasteiger partial charge in [-0.25, -0.2) is 4.39 Å². The first-order valence-corrected chi connectivity index (χ1v) is 8.34. The van der Waals surface area contributed by atoms with E-state index >= 15 is 0 Å². The van der Waals surface area contributed by atoms with Crippen molar-refractivity contribution in [2.24, 2.45) is 5.41 Å². The van der Waals surface area contributed by atoms with E-state index in [1.54, 1.807) is 30.2 Å². The highest BCUT2D eigenvalue weighted by atomic mass is 19.1. The van der Waals surface area contributed by atoms with Gasteiger partial charge in [0, 0.05) is 30.7 Å². The molecule has 4 nitrogen and oxygen atoms in total. The third kappa shape index (κ3) is 2.51. The summed E-state index contributed by atoms with van der Waals surface area (Å²) in [5, 5.41) is 0. The van der Waals surface area contributed by atoms with Crippen LogP contribution in [0.3, 0.4) is 0 Å². The fourth-order valence-corrected chi connectivity index (χ4v) is 4.21. The topological polar surface area (TPSA) is 38.8 Å². The van der Waals surface area contributed by atoms with E-state index in [4.69, 9.17) is 9.47 Å². The van der Waals surface area contributed by atoms with Crippen LogP contribution < -0.4 is 4.74 Å². The molecule has 0 aromatic heterocycles. The highest BCUT2D eigenvalue weighted by Crippen LogP contribution is 2.59. The molecule has 0 aliphatic heterocycles. The number of amides is 1. The Morgan fingerprint density at radius 3 is 2.75 bits per heavy atom. The normalized spacial score (nSPS) is 24.0. The molecular formula is C19H24FNO3. The van der Waals surface area contributed by atoms with E-state index in [1.165, 1.54) is 13.2 Å². The summed E-state index contributed by atoms with van der Waals surface area (Å²) in [5.41, 5.74) is 0.489. The summed E-state index contributed by atoms with van der Waals surface area (Å²) in [4.78, 5) is 14.2. The number of carbonyl (C=O) groups excluding carboxylic acids is 1. The zero-order valence-corrected chi connectivity index (χ0v) is 14.3. The number of hydrogen-bond donors (Lipinski definition) is 0. The van der Waals surface area contributed by atoms with E-state index in [0.29, 0.717) is 5.56 Å². The summed E-state index contributed by atoms with van der Waals surface area (Å²) in [7, 11) is 3.16. The number of benzene rings is 1. The molecule has 1 spiro atoms. The molecule has 2 saturated carbocycles. The van der Waals surface area contributed by atoms with Crippen LogP contribution in [0.5, 0.6) is 5.75 Å². The summed E-state index contributed by atoms with van der Waals surface area (Å²) in [6.07, 6.45) is 5.55. The largest absolute Gasteiger partial charge is 0.494 e. The summed E-state index contributed by atoms with van der Waals surface area (Å²) >= 11 is 0. The third-order valence-corrected chi connectivity index (χ3v) is 5.75. The molecule has 3 rings (SSSR count). The Kier molecular flexibility index (Phi) is 4.63. The monoisotopic (exact) mass is 333 g/mol. The van der Waals surface area contributed by atoms with Crippen LogP contribution in [0.4, 0.5) is 4.39 Å². The minimum absolute atomic E-state index is 0.0305. The fourth-order valence-electron chi connectivity index (χ4n) is 4.21. The lowest BCUT2D eigenvalue weighted by molar-refractivity contribution is -0.198. The molecule has 0 bridgehead atoms. The first-order chi connectivity index (χ1) is 11.6. The Labute approximate surface area is 142 Å². The molecule has 1 amide bonds. The van der Waals surface area contributed by atoms with E-state index in [9.17, 15) is 9.18 Å². The fraction of sp³-hybridized carbons (Fsp3) is 0.526. The maximum absolute atomic E-state index is 14.5. The van der Waals surface area contributed by atoms with Crippen molar-refractivity contribution in [2.45, 2.75) is 44.4 Å². The van der Waals surface area contributed by atoms with Crippen molar-refractivity contribution in [3.8, 4) is 5.75 Å². The molecule has 2 fully saturated rings. The lowest BCUT2D eigenvalue weighted by atomic mass is 9.50. The van der Waals surface area contributed by atoms with Crippen LogP contribution in [-0.2, 0) is 16.1 Å². The second-order valence-electron chi connectivity index (χ2n) is 6.67. The van der Waals surface area contributed by atoms with Crippen molar-refractivity contribution in [3.05, 3.63) is 42.2 Å². The van der Waals surface area contributed by atoms with Crippen LogP contribution in [0.25, 0.3) is 0 Å². The standard InChI is InChI=1S/C19H24FNO3/c1-4-17(22)21(12-13-7-5-8-14(23-2)18(13)20)15-11-16(24-3)19(15)9-6-10-19/h4-5,7-8,15-16H,1,6,9-12H2,2-3H3. The highest BCUT2D eigenvalue weighted by Gasteiger charge is 2.61. The van der Waals surface area contributed by atoms with Crippen LogP contribution in [0.1, 0.15) is 31.2 Å². The summed E-state index contributed by atoms with van der Waals surface area (Å²) in [6.45, 7) is 3.83. The number of rotatable bonds is 6. The summed E-state index contributed by atoms with van der Waals surface area (Å²) < 4.78 is 25.1. The number of methoxy groups -OCH3 is 2. The summed E-state index contributed by atoms with van der Waals surface area (Å²) in [5.74, 6) is -0.379. The van der Waals surface area contributed by atoms with Gasteiger partial charge in [-0.2, -0.15) is 0 Å². The highest BCUT2D eigenvalue weighted by molar-refractivity contribution is 5.87. The van der Waals surface area contributed by atoms with E-state index in [1.807, 2.05) is 0 Å². The van der Waals surface area contributed by atoms with Crippen molar-refractivity contribution < 1.29 is 18.7 Å². The van der Waals surface area contributed by atoms with Gasteiger partial charge in [0.05, 0.1) is 13.2 Å². The molecule has 130 valence electrons. The number of nitrogens with zero attached hydrogens (tertiary/aromatic N) is 1. The van der Waals surface area contributed by atoms with Crippen LogP contribution in [-0.4, -0.2) is 37.2 Å². The molecule has 1 aromatic carbocycles. The lowest BCUT2D eigenvalue weighted by Crippen LogP contribution is -2.68. The van der Waals surface area contributed by atoms with Crippen molar-refractivity contribution in [1.82, 2.24) is 4.90 Å². The molecule has 0 N–H and O–H groups in total. The molecule has 24 heavy (non-hydrogen) atoms. The number of carbonyl (C=O) groups is 1. The molecule has 0 radical (unpaired) electrons. The van der Waals surface area contributed by atoms with Gasteiger partial charge in [0.2, 0.25) is 5.91 Å². The van der Waals surface area contributed by atoms with E-state index in [-0.39, 0.29) is 35.8 Å². The van der Waals surface area contributed by atoms with Gasteiger partial charge in [0.25, 0.3) is 0 Å². The minimum atomic E-state index is -0.410. The van der Waals surface area contributed by atoms with Gasteiger partial charge in [-0.05, 0) is 31.4 Å². The smallest absolute Gasteiger partial charge is 0.246 e.